The van der Waals surface area contributed by atoms with Gasteiger partial charge in [0.2, 0.25) is 9.84 Å². The van der Waals surface area contributed by atoms with E-state index in [0.29, 0.717) is 34.5 Å². The second-order valence-electron chi connectivity index (χ2n) is 15.7. The molecule has 2 aromatic carbocycles. The van der Waals surface area contributed by atoms with E-state index in [9.17, 15) is 12.6 Å². The number of nitrogens with zero attached hydrogens (tertiary/aromatic N) is 4. The lowest BCUT2D eigenvalue weighted by Crippen LogP contribution is -2.52. The average molecular weight is 765 g/mol. The molecule has 10 heteroatoms. The molecular weight excluding hydrogens is 701 g/mol. The minimum atomic E-state index is -3.91. The van der Waals surface area contributed by atoms with E-state index in [1.807, 2.05) is 18.2 Å². The summed E-state index contributed by atoms with van der Waals surface area (Å²) in [5.74, 6) is 0.689. The quantitative estimate of drug-likeness (QED) is 0.119. The number of piperidine rings is 3. The summed E-state index contributed by atoms with van der Waals surface area (Å²) in [6.45, 7) is 9.25. The van der Waals surface area contributed by atoms with Crippen LogP contribution in [0.2, 0.25) is 0 Å². The number of pyridine rings is 1. The topological polar surface area (TPSA) is 83.0 Å². The molecule has 3 aliphatic rings. The molecule has 0 bridgehead atoms. The van der Waals surface area contributed by atoms with Gasteiger partial charge in [-0.15, -0.1) is 0 Å². The molecule has 1 atom stereocenters. The Kier molecular flexibility index (Phi) is 15.1. The molecule has 3 fully saturated rings. The van der Waals surface area contributed by atoms with Crippen LogP contribution in [0.4, 0.5) is 5.69 Å². The highest BCUT2D eigenvalue weighted by Gasteiger charge is 2.33. The summed E-state index contributed by atoms with van der Waals surface area (Å²) in [4.78, 5) is 13.4. The largest absolute Gasteiger partial charge is 0.494 e. The van der Waals surface area contributed by atoms with Gasteiger partial charge in [0.25, 0.3) is 0 Å². The Balaban J connectivity index is 1.10. The van der Waals surface area contributed by atoms with E-state index in [1.165, 1.54) is 103 Å². The molecular formula is C43H64N4O4S2. The van der Waals surface area contributed by atoms with Crippen LogP contribution in [0.15, 0.2) is 63.3 Å². The molecule has 3 saturated heterocycles. The van der Waals surface area contributed by atoms with Crippen LogP contribution in [-0.2, 0) is 20.6 Å². The molecule has 0 N–H and O–H groups in total. The molecule has 8 nitrogen and oxygen atoms in total. The molecule has 292 valence electrons. The number of hydrogen-bond donors (Lipinski definition) is 0. The second-order valence-corrected chi connectivity index (χ2v) is 19.0. The summed E-state index contributed by atoms with van der Waals surface area (Å²) in [5.41, 5.74) is 1.40. The summed E-state index contributed by atoms with van der Waals surface area (Å²) in [6, 6.07) is 13.7. The number of anilines is 1. The molecule has 3 aliphatic heterocycles. The number of fused-ring (bicyclic) bond motifs is 1. The van der Waals surface area contributed by atoms with Gasteiger partial charge in [0.05, 0.1) is 22.7 Å². The number of aromatic nitrogens is 1. The van der Waals surface area contributed by atoms with E-state index in [-0.39, 0.29) is 9.79 Å². The normalized spacial score (nSPS) is 19.2. The van der Waals surface area contributed by atoms with Crippen molar-refractivity contribution in [2.45, 2.75) is 143 Å². The third-order valence-corrected chi connectivity index (χ3v) is 14.7. The third-order valence-electron chi connectivity index (χ3n) is 12.0. The molecule has 1 unspecified atom stereocenters. The van der Waals surface area contributed by atoms with E-state index in [1.54, 1.807) is 30.5 Å². The van der Waals surface area contributed by atoms with Gasteiger partial charge in [-0.2, -0.15) is 0 Å². The Bertz CT molecular complexity index is 1710. The zero-order chi connectivity index (χ0) is 37.0. The molecule has 0 amide bonds. The lowest BCUT2D eigenvalue weighted by atomic mass is 9.95. The number of likely N-dealkylation sites (tertiary alicyclic amines) is 2. The molecule has 1 aromatic heterocycles. The maximum atomic E-state index is 14.4. The molecule has 3 aromatic rings. The number of benzene rings is 2. The lowest BCUT2D eigenvalue weighted by Gasteiger charge is -2.45. The molecule has 0 spiro atoms. The highest BCUT2D eigenvalue weighted by molar-refractivity contribution is 7.91. The molecule has 6 rings (SSSR count). The van der Waals surface area contributed by atoms with Crippen LogP contribution in [0.25, 0.3) is 10.9 Å². The minimum absolute atomic E-state index is 0.212. The van der Waals surface area contributed by atoms with Crippen molar-refractivity contribution >= 4 is 37.2 Å². The van der Waals surface area contributed by atoms with E-state index < -0.39 is 20.6 Å². The van der Waals surface area contributed by atoms with Crippen LogP contribution in [0.5, 0.6) is 5.75 Å². The fourth-order valence-electron chi connectivity index (χ4n) is 8.82. The van der Waals surface area contributed by atoms with E-state index in [0.717, 1.165) is 63.3 Å². The minimum Gasteiger partial charge on any atom is -0.494 e. The Morgan fingerprint density at radius 1 is 0.736 bits per heavy atom. The standard InChI is InChI=1S/C43H64N4O4S2/c1-3-4-5-6-7-8-9-10-11-15-32-51-37-16-19-39(20-17-37)53(49,50)42-34-44-41-21-18-38(52(2)48)33-40(41)43(42)47-30-24-36(25-31-47)46-28-22-35(23-29-46)45-26-13-12-14-27-45/h16-21,33-36H,3-15,22-32H2,1-2H3. The fraction of sp³-hybridized carbons (Fsp3) is 0.651. The SMILES string of the molecule is CCCCCCCCCCCCOc1ccc(S(=O)(=O)c2cnc3ccc(S(C)=O)cc3c2N2CCC(N3CCC(N4CCCCC4)CC3)CC2)cc1. The van der Waals surface area contributed by atoms with Crippen LogP contribution in [0.1, 0.15) is 116 Å². The van der Waals surface area contributed by atoms with E-state index in [2.05, 4.69) is 26.6 Å². The van der Waals surface area contributed by atoms with Gasteiger partial charge in [0, 0.05) is 58.7 Å². The molecule has 0 aliphatic carbocycles. The van der Waals surface area contributed by atoms with Crippen molar-refractivity contribution in [2.75, 3.05) is 57.0 Å². The summed E-state index contributed by atoms with van der Waals surface area (Å²) in [5, 5.41) is 0.746. The van der Waals surface area contributed by atoms with E-state index >= 15 is 0 Å². The summed E-state index contributed by atoms with van der Waals surface area (Å²) in [6.07, 6.45) is 24.5. The van der Waals surface area contributed by atoms with Crippen molar-refractivity contribution in [3.8, 4) is 5.75 Å². The molecule has 53 heavy (non-hydrogen) atoms. The smallest absolute Gasteiger partial charge is 0.210 e. The van der Waals surface area contributed by atoms with Crippen molar-refractivity contribution in [3.05, 3.63) is 48.7 Å². The summed E-state index contributed by atoms with van der Waals surface area (Å²) in [7, 11) is -5.11. The fourth-order valence-corrected chi connectivity index (χ4v) is 10.8. The van der Waals surface area contributed by atoms with Crippen LogP contribution >= 0.6 is 0 Å². The number of ether oxygens (including phenoxy) is 1. The second kappa shape index (κ2) is 19.9. The Labute approximate surface area is 322 Å². The summed E-state index contributed by atoms with van der Waals surface area (Å²) >= 11 is 0. The first-order valence-corrected chi connectivity index (χ1v) is 23.9. The third kappa shape index (κ3) is 10.6. The van der Waals surface area contributed by atoms with Gasteiger partial charge in [0.1, 0.15) is 10.6 Å². The van der Waals surface area contributed by atoms with Crippen molar-refractivity contribution in [1.29, 1.82) is 0 Å². The van der Waals surface area contributed by atoms with Crippen LogP contribution in [0, 0.1) is 0 Å². The van der Waals surface area contributed by atoms with Crippen LogP contribution < -0.4 is 9.64 Å². The first-order valence-electron chi connectivity index (χ1n) is 20.8. The van der Waals surface area contributed by atoms with Crippen LogP contribution in [-0.4, -0.2) is 91.6 Å². The van der Waals surface area contributed by atoms with Crippen molar-refractivity contribution in [3.63, 3.8) is 0 Å². The molecule has 4 heterocycles. The Hall–Kier alpha value is -2.53. The van der Waals surface area contributed by atoms with Gasteiger partial charge in [-0.05, 0) is 114 Å². The number of unbranched alkanes of at least 4 members (excludes halogenated alkanes) is 9. The lowest BCUT2D eigenvalue weighted by molar-refractivity contribution is 0.0654. The van der Waals surface area contributed by atoms with Gasteiger partial charge in [-0.3, -0.25) is 9.19 Å². The predicted octanol–water partition coefficient (Wildman–Crippen LogP) is 9.02. The molecule has 0 radical (unpaired) electrons. The summed E-state index contributed by atoms with van der Waals surface area (Å²) < 4.78 is 47.4. The average Bonchev–Trinajstić information content (AvgIpc) is 3.20. The van der Waals surface area contributed by atoms with Gasteiger partial charge in [-0.1, -0.05) is 71.1 Å². The zero-order valence-electron chi connectivity index (χ0n) is 32.5. The van der Waals surface area contributed by atoms with Gasteiger partial charge >= 0.3 is 0 Å². The number of hydrogen-bond acceptors (Lipinski definition) is 8. The maximum absolute atomic E-state index is 14.4. The highest BCUT2D eigenvalue weighted by atomic mass is 32.2. The van der Waals surface area contributed by atoms with Crippen molar-refractivity contribution in [2.24, 2.45) is 0 Å². The maximum Gasteiger partial charge on any atom is 0.210 e. The van der Waals surface area contributed by atoms with Crippen molar-refractivity contribution in [1.82, 2.24) is 14.8 Å². The van der Waals surface area contributed by atoms with Gasteiger partial charge < -0.3 is 19.4 Å². The number of rotatable bonds is 18. The van der Waals surface area contributed by atoms with E-state index in [4.69, 9.17) is 4.74 Å². The van der Waals surface area contributed by atoms with Crippen LogP contribution in [0.3, 0.4) is 0 Å². The zero-order valence-corrected chi connectivity index (χ0v) is 34.1. The van der Waals surface area contributed by atoms with Crippen molar-refractivity contribution < 1.29 is 17.4 Å². The van der Waals surface area contributed by atoms with Gasteiger partial charge in [-0.25, -0.2) is 8.42 Å². The monoisotopic (exact) mass is 764 g/mol. The highest BCUT2D eigenvalue weighted by Crippen LogP contribution is 2.39. The molecule has 0 saturated carbocycles. The first-order chi connectivity index (χ1) is 25.8. The van der Waals surface area contributed by atoms with Gasteiger partial charge in [0.15, 0.2) is 0 Å². The Morgan fingerprint density at radius 3 is 1.94 bits per heavy atom. The predicted molar refractivity (Wildman–Crippen MR) is 219 cm³/mol. The number of sulfone groups is 1. The Morgan fingerprint density at radius 2 is 1.32 bits per heavy atom. The first kappa shape index (κ1) is 40.1.